The molecule has 130 valence electrons. The SMILES string of the molecule is CCCNc1ccc(CNC(=O)N[C@H]2CC(=O)N(C3CC3)C2)cc1. The maximum absolute atomic E-state index is 12.0. The minimum absolute atomic E-state index is 0.0706. The zero-order chi connectivity index (χ0) is 16.9. The van der Waals surface area contributed by atoms with Crippen molar-refractivity contribution in [2.24, 2.45) is 0 Å². The van der Waals surface area contributed by atoms with E-state index in [-0.39, 0.29) is 18.0 Å². The molecular weight excluding hydrogens is 304 g/mol. The van der Waals surface area contributed by atoms with Crippen LogP contribution in [-0.4, -0.2) is 42.0 Å². The van der Waals surface area contributed by atoms with Gasteiger partial charge in [-0.1, -0.05) is 19.1 Å². The lowest BCUT2D eigenvalue weighted by atomic mass is 10.2. The van der Waals surface area contributed by atoms with Gasteiger partial charge in [-0.2, -0.15) is 0 Å². The second-order valence-electron chi connectivity index (χ2n) is 6.63. The van der Waals surface area contributed by atoms with Crippen molar-refractivity contribution in [3.05, 3.63) is 29.8 Å². The third kappa shape index (κ3) is 4.40. The van der Waals surface area contributed by atoms with Gasteiger partial charge in [0.15, 0.2) is 0 Å². The van der Waals surface area contributed by atoms with Crippen molar-refractivity contribution in [3.63, 3.8) is 0 Å². The van der Waals surface area contributed by atoms with E-state index in [9.17, 15) is 9.59 Å². The fourth-order valence-corrected chi connectivity index (χ4v) is 3.00. The Morgan fingerprint density at radius 1 is 1.25 bits per heavy atom. The highest BCUT2D eigenvalue weighted by molar-refractivity contribution is 5.82. The average Bonchev–Trinajstić information content (AvgIpc) is 3.36. The molecule has 3 N–H and O–H groups in total. The molecule has 3 amide bonds. The van der Waals surface area contributed by atoms with E-state index >= 15 is 0 Å². The molecule has 1 aliphatic heterocycles. The highest BCUT2D eigenvalue weighted by atomic mass is 16.2. The van der Waals surface area contributed by atoms with Crippen molar-refractivity contribution in [2.75, 3.05) is 18.4 Å². The van der Waals surface area contributed by atoms with Gasteiger partial charge in [-0.25, -0.2) is 4.79 Å². The normalized spacial score (nSPS) is 20.1. The highest BCUT2D eigenvalue weighted by Crippen LogP contribution is 2.30. The molecule has 0 aromatic heterocycles. The van der Waals surface area contributed by atoms with Gasteiger partial charge in [0.25, 0.3) is 0 Å². The fourth-order valence-electron chi connectivity index (χ4n) is 3.00. The van der Waals surface area contributed by atoms with Gasteiger partial charge in [0.2, 0.25) is 5.91 Å². The predicted molar refractivity (Wildman–Crippen MR) is 93.7 cm³/mol. The van der Waals surface area contributed by atoms with Gasteiger partial charge in [0, 0.05) is 37.8 Å². The van der Waals surface area contributed by atoms with Crippen molar-refractivity contribution < 1.29 is 9.59 Å². The van der Waals surface area contributed by atoms with Crippen LogP contribution in [0.2, 0.25) is 0 Å². The van der Waals surface area contributed by atoms with Crippen LogP contribution in [0.25, 0.3) is 0 Å². The first kappa shape index (κ1) is 16.6. The minimum Gasteiger partial charge on any atom is -0.385 e. The molecule has 1 aromatic rings. The summed E-state index contributed by atoms with van der Waals surface area (Å²) in [6.45, 7) is 4.21. The third-order valence-electron chi connectivity index (χ3n) is 4.47. The molecule has 1 saturated heterocycles. The Kier molecular flexibility index (Phi) is 5.23. The lowest BCUT2D eigenvalue weighted by Gasteiger charge is -2.16. The second kappa shape index (κ2) is 7.55. The van der Waals surface area contributed by atoms with Gasteiger partial charge in [-0.3, -0.25) is 4.79 Å². The molecule has 0 radical (unpaired) electrons. The van der Waals surface area contributed by atoms with Crippen LogP contribution in [0.15, 0.2) is 24.3 Å². The number of carbonyl (C=O) groups excluding carboxylic acids is 2. The van der Waals surface area contributed by atoms with E-state index in [2.05, 4.69) is 22.9 Å². The molecule has 6 nitrogen and oxygen atoms in total. The largest absolute Gasteiger partial charge is 0.385 e. The molecule has 2 fully saturated rings. The number of nitrogens with one attached hydrogen (secondary N) is 3. The fraction of sp³-hybridized carbons (Fsp3) is 0.556. The maximum atomic E-state index is 12.0. The van der Waals surface area contributed by atoms with Crippen LogP contribution in [0.1, 0.15) is 38.2 Å². The molecule has 3 rings (SSSR count). The van der Waals surface area contributed by atoms with Crippen LogP contribution in [0.5, 0.6) is 0 Å². The number of likely N-dealkylation sites (tertiary alicyclic amines) is 1. The summed E-state index contributed by atoms with van der Waals surface area (Å²) < 4.78 is 0. The monoisotopic (exact) mass is 330 g/mol. The first-order valence-corrected chi connectivity index (χ1v) is 8.82. The van der Waals surface area contributed by atoms with E-state index in [1.54, 1.807) is 0 Å². The van der Waals surface area contributed by atoms with Gasteiger partial charge < -0.3 is 20.9 Å². The number of carbonyl (C=O) groups is 2. The summed E-state index contributed by atoms with van der Waals surface area (Å²) in [6, 6.07) is 8.20. The molecule has 1 saturated carbocycles. The van der Waals surface area contributed by atoms with E-state index in [1.807, 2.05) is 29.2 Å². The molecule has 0 bridgehead atoms. The maximum Gasteiger partial charge on any atom is 0.315 e. The van der Waals surface area contributed by atoms with Crippen LogP contribution in [0, 0.1) is 0 Å². The summed E-state index contributed by atoms with van der Waals surface area (Å²) in [5.41, 5.74) is 2.14. The Labute approximate surface area is 143 Å². The Morgan fingerprint density at radius 3 is 2.67 bits per heavy atom. The first-order valence-electron chi connectivity index (χ1n) is 8.82. The van der Waals surface area contributed by atoms with E-state index < -0.39 is 0 Å². The topological polar surface area (TPSA) is 73.5 Å². The number of hydrogen-bond donors (Lipinski definition) is 3. The third-order valence-corrected chi connectivity index (χ3v) is 4.47. The highest BCUT2D eigenvalue weighted by Gasteiger charge is 2.39. The smallest absolute Gasteiger partial charge is 0.315 e. The van der Waals surface area contributed by atoms with Crippen LogP contribution < -0.4 is 16.0 Å². The van der Waals surface area contributed by atoms with E-state index in [1.165, 1.54) is 0 Å². The number of rotatable bonds is 7. The van der Waals surface area contributed by atoms with E-state index in [0.29, 0.717) is 25.6 Å². The molecule has 0 unspecified atom stereocenters. The quantitative estimate of drug-likeness (QED) is 0.716. The first-order chi connectivity index (χ1) is 11.7. The van der Waals surface area contributed by atoms with E-state index in [0.717, 1.165) is 37.1 Å². The Hall–Kier alpha value is -2.24. The lowest BCUT2D eigenvalue weighted by molar-refractivity contribution is -0.128. The van der Waals surface area contributed by atoms with Crippen molar-refractivity contribution in [1.29, 1.82) is 0 Å². The zero-order valence-electron chi connectivity index (χ0n) is 14.2. The summed E-state index contributed by atoms with van der Waals surface area (Å²) in [6.07, 6.45) is 3.72. The number of hydrogen-bond acceptors (Lipinski definition) is 3. The zero-order valence-corrected chi connectivity index (χ0v) is 14.2. The Bertz CT molecular complexity index is 583. The van der Waals surface area contributed by atoms with Crippen molar-refractivity contribution in [3.8, 4) is 0 Å². The summed E-state index contributed by atoms with van der Waals surface area (Å²) in [5.74, 6) is 0.165. The summed E-state index contributed by atoms with van der Waals surface area (Å²) in [7, 11) is 0. The number of benzene rings is 1. The van der Waals surface area contributed by atoms with Gasteiger partial charge >= 0.3 is 6.03 Å². The predicted octanol–water partition coefficient (Wildman–Crippen LogP) is 2.07. The van der Waals surface area contributed by atoms with Crippen LogP contribution in [-0.2, 0) is 11.3 Å². The Morgan fingerprint density at radius 2 is 2.00 bits per heavy atom. The second-order valence-corrected chi connectivity index (χ2v) is 6.63. The van der Waals surface area contributed by atoms with Gasteiger partial charge in [0.1, 0.15) is 0 Å². The molecule has 0 spiro atoms. The molecule has 1 aliphatic carbocycles. The molecular formula is C18H26N4O2. The van der Waals surface area contributed by atoms with Crippen LogP contribution in [0.4, 0.5) is 10.5 Å². The molecule has 6 heteroatoms. The summed E-state index contributed by atoms with van der Waals surface area (Å²) >= 11 is 0. The average molecular weight is 330 g/mol. The summed E-state index contributed by atoms with van der Waals surface area (Å²) in [5, 5.41) is 9.09. The summed E-state index contributed by atoms with van der Waals surface area (Å²) in [4.78, 5) is 25.8. The van der Waals surface area contributed by atoms with Crippen molar-refractivity contribution in [1.82, 2.24) is 15.5 Å². The number of amides is 3. The number of urea groups is 1. The molecule has 2 aliphatic rings. The molecule has 24 heavy (non-hydrogen) atoms. The van der Waals surface area contributed by atoms with Gasteiger partial charge in [0.05, 0.1) is 6.04 Å². The number of nitrogens with zero attached hydrogens (tertiary/aromatic N) is 1. The van der Waals surface area contributed by atoms with Crippen LogP contribution >= 0.6 is 0 Å². The van der Waals surface area contributed by atoms with E-state index in [4.69, 9.17) is 0 Å². The molecule has 1 heterocycles. The standard InChI is InChI=1S/C18H26N4O2/c1-2-9-19-14-5-3-13(4-6-14)11-20-18(24)21-15-10-17(23)22(12-15)16-7-8-16/h3-6,15-16,19H,2,7-12H2,1H3,(H2,20,21,24)/t15-/m0/s1. The molecule has 1 aromatic carbocycles. The Balaban J connectivity index is 1.40. The van der Waals surface area contributed by atoms with Crippen LogP contribution in [0.3, 0.4) is 0 Å². The minimum atomic E-state index is -0.210. The lowest BCUT2D eigenvalue weighted by Crippen LogP contribution is -2.43. The van der Waals surface area contributed by atoms with Gasteiger partial charge in [-0.05, 0) is 37.0 Å². The van der Waals surface area contributed by atoms with Crippen molar-refractivity contribution >= 4 is 17.6 Å². The number of anilines is 1. The molecule has 1 atom stereocenters. The van der Waals surface area contributed by atoms with Crippen molar-refractivity contribution in [2.45, 2.75) is 51.2 Å². The van der Waals surface area contributed by atoms with Gasteiger partial charge in [-0.15, -0.1) is 0 Å².